The molecule has 130 valence electrons. The molecular formula is C19H22Cl2O3. The molecule has 0 bridgehead atoms. The molecule has 1 aromatic rings. The molecule has 1 fully saturated rings. The lowest BCUT2D eigenvalue weighted by atomic mass is 9.71. The Balaban J connectivity index is 2.20. The van der Waals surface area contributed by atoms with Crippen molar-refractivity contribution in [1.82, 2.24) is 0 Å². The molecule has 3 atom stereocenters. The Morgan fingerprint density at radius 3 is 2.79 bits per heavy atom. The van der Waals surface area contributed by atoms with Crippen LogP contribution in [0.4, 0.5) is 0 Å². The van der Waals surface area contributed by atoms with Gasteiger partial charge in [0.15, 0.2) is 0 Å². The lowest BCUT2D eigenvalue weighted by Crippen LogP contribution is -2.33. The Morgan fingerprint density at radius 2 is 2.17 bits per heavy atom. The summed E-state index contributed by atoms with van der Waals surface area (Å²) in [6.07, 6.45) is 4.32. The van der Waals surface area contributed by atoms with Crippen LogP contribution in [0.15, 0.2) is 30.9 Å². The van der Waals surface area contributed by atoms with E-state index in [0.717, 1.165) is 24.8 Å². The summed E-state index contributed by atoms with van der Waals surface area (Å²) in [7, 11) is 0. The third-order valence-electron chi connectivity index (χ3n) is 4.56. The minimum absolute atomic E-state index is 0.102. The fraction of sp³-hybridized carbons (Fsp3) is 0.474. The van der Waals surface area contributed by atoms with E-state index in [1.807, 2.05) is 6.07 Å². The van der Waals surface area contributed by atoms with Crippen molar-refractivity contribution in [3.8, 4) is 0 Å². The standard InChI is InChI=1S/C19H22Cl2O3/c1-3-14(15-9-8-13(20)11-17(15)21)16-7-5-6-12(19(16)23)10-18(22)24-4-2/h3,8-9,11-12,14,16H,1,4-7,10H2,2H3/t12-,14+,16-/m0/s1. The van der Waals surface area contributed by atoms with Gasteiger partial charge in [-0.3, -0.25) is 9.59 Å². The number of ether oxygens (including phenoxy) is 1. The van der Waals surface area contributed by atoms with Gasteiger partial charge in [0.25, 0.3) is 0 Å². The van der Waals surface area contributed by atoms with Crippen LogP contribution in [0.5, 0.6) is 0 Å². The number of rotatable bonds is 6. The Hall–Kier alpha value is -1.32. The molecule has 0 heterocycles. The van der Waals surface area contributed by atoms with Crippen molar-refractivity contribution in [2.45, 2.75) is 38.5 Å². The maximum Gasteiger partial charge on any atom is 0.306 e. The van der Waals surface area contributed by atoms with E-state index in [0.29, 0.717) is 16.7 Å². The molecule has 0 spiro atoms. The highest BCUT2D eigenvalue weighted by Gasteiger charge is 2.37. The SMILES string of the molecule is C=C[C@H](c1ccc(Cl)cc1Cl)[C@@H]1CCC[C@@H](CC(=O)OCC)C1=O. The zero-order valence-corrected chi connectivity index (χ0v) is 15.3. The summed E-state index contributed by atoms with van der Waals surface area (Å²) in [5.41, 5.74) is 0.853. The molecule has 0 unspecified atom stereocenters. The molecule has 5 heteroatoms. The predicted molar refractivity (Wildman–Crippen MR) is 96.5 cm³/mol. The maximum atomic E-state index is 12.9. The molecular weight excluding hydrogens is 347 g/mol. The van der Waals surface area contributed by atoms with E-state index in [1.165, 1.54) is 0 Å². The summed E-state index contributed by atoms with van der Waals surface area (Å²) in [4.78, 5) is 24.6. The Morgan fingerprint density at radius 1 is 1.42 bits per heavy atom. The summed E-state index contributed by atoms with van der Waals surface area (Å²) in [5, 5.41) is 1.09. The number of ketones is 1. The van der Waals surface area contributed by atoms with Crippen LogP contribution in [-0.4, -0.2) is 18.4 Å². The van der Waals surface area contributed by atoms with Gasteiger partial charge in [0, 0.05) is 27.8 Å². The zero-order chi connectivity index (χ0) is 17.7. The van der Waals surface area contributed by atoms with E-state index in [2.05, 4.69) is 6.58 Å². The van der Waals surface area contributed by atoms with Crippen LogP contribution in [0.3, 0.4) is 0 Å². The monoisotopic (exact) mass is 368 g/mol. The maximum absolute atomic E-state index is 12.9. The van der Waals surface area contributed by atoms with Gasteiger partial charge >= 0.3 is 5.97 Å². The molecule has 1 aromatic carbocycles. The molecule has 1 aliphatic carbocycles. The molecule has 0 amide bonds. The average Bonchev–Trinajstić information content (AvgIpc) is 2.53. The van der Waals surface area contributed by atoms with Crippen molar-refractivity contribution < 1.29 is 14.3 Å². The van der Waals surface area contributed by atoms with Crippen LogP contribution in [0.2, 0.25) is 10.0 Å². The molecule has 3 nitrogen and oxygen atoms in total. The number of esters is 1. The average molecular weight is 369 g/mol. The smallest absolute Gasteiger partial charge is 0.306 e. The number of carbonyl (C=O) groups excluding carboxylic acids is 2. The van der Waals surface area contributed by atoms with Gasteiger partial charge in [-0.1, -0.05) is 41.8 Å². The van der Waals surface area contributed by atoms with Crippen molar-refractivity contribution in [2.75, 3.05) is 6.61 Å². The fourth-order valence-corrected chi connectivity index (χ4v) is 3.97. The molecule has 0 aromatic heterocycles. The largest absolute Gasteiger partial charge is 0.466 e. The highest BCUT2D eigenvalue weighted by atomic mass is 35.5. The topological polar surface area (TPSA) is 43.4 Å². The first kappa shape index (κ1) is 19.0. The van der Waals surface area contributed by atoms with E-state index < -0.39 is 0 Å². The van der Waals surface area contributed by atoms with Gasteiger partial charge in [-0.25, -0.2) is 0 Å². The summed E-state index contributed by atoms with van der Waals surface area (Å²) >= 11 is 12.3. The minimum Gasteiger partial charge on any atom is -0.466 e. The van der Waals surface area contributed by atoms with Crippen LogP contribution in [-0.2, 0) is 14.3 Å². The van der Waals surface area contributed by atoms with Crippen LogP contribution < -0.4 is 0 Å². The summed E-state index contributed by atoms with van der Waals surface area (Å²) in [6.45, 7) is 5.99. The number of benzene rings is 1. The van der Waals surface area contributed by atoms with Gasteiger partial charge in [0.2, 0.25) is 0 Å². The third kappa shape index (κ3) is 4.40. The fourth-order valence-electron chi connectivity index (χ4n) is 3.43. The van der Waals surface area contributed by atoms with Gasteiger partial charge in [-0.05, 0) is 37.5 Å². The van der Waals surface area contributed by atoms with Crippen molar-refractivity contribution in [3.05, 3.63) is 46.5 Å². The minimum atomic E-state index is -0.309. The lowest BCUT2D eigenvalue weighted by Gasteiger charge is -2.32. The molecule has 24 heavy (non-hydrogen) atoms. The van der Waals surface area contributed by atoms with E-state index in [9.17, 15) is 9.59 Å². The van der Waals surface area contributed by atoms with Crippen LogP contribution in [0.1, 0.15) is 44.1 Å². The third-order valence-corrected chi connectivity index (χ3v) is 5.13. The Labute approximate surface area is 153 Å². The Kier molecular flexibility index (Phi) is 6.88. The number of carbonyl (C=O) groups is 2. The number of Topliss-reactive ketones (excluding diaryl/α,β-unsaturated/α-hetero) is 1. The Bertz CT molecular complexity index is 627. The number of hydrogen-bond acceptors (Lipinski definition) is 3. The summed E-state index contributed by atoms with van der Waals surface area (Å²) in [6, 6.07) is 5.29. The summed E-state index contributed by atoms with van der Waals surface area (Å²) in [5.74, 6) is -0.876. The van der Waals surface area contributed by atoms with Crippen LogP contribution >= 0.6 is 23.2 Å². The van der Waals surface area contributed by atoms with Crippen molar-refractivity contribution in [2.24, 2.45) is 11.8 Å². The number of allylic oxidation sites excluding steroid dienone is 1. The van der Waals surface area contributed by atoms with E-state index in [-0.39, 0.29) is 35.9 Å². The van der Waals surface area contributed by atoms with E-state index in [4.69, 9.17) is 27.9 Å². The van der Waals surface area contributed by atoms with Crippen LogP contribution in [0.25, 0.3) is 0 Å². The molecule has 0 radical (unpaired) electrons. The zero-order valence-electron chi connectivity index (χ0n) is 13.8. The number of halogens is 2. The van der Waals surface area contributed by atoms with Crippen molar-refractivity contribution in [3.63, 3.8) is 0 Å². The van der Waals surface area contributed by atoms with E-state index >= 15 is 0 Å². The molecule has 0 aliphatic heterocycles. The molecule has 1 saturated carbocycles. The quantitative estimate of drug-likeness (QED) is 0.511. The highest BCUT2D eigenvalue weighted by Crippen LogP contribution is 2.40. The van der Waals surface area contributed by atoms with Gasteiger partial charge < -0.3 is 4.74 Å². The second kappa shape index (κ2) is 8.68. The van der Waals surface area contributed by atoms with Crippen LogP contribution in [0, 0.1) is 11.8 Å². The molecule has 0 saturated heterocycles. The first-order valence-electron chi connectivity index (χ1n) is 8.24. The van der Waals surface area contributed by atoms with Gasteiger partial charge in [-0.15, -0.1) is 6.58 Å². The highest BCUT2D eigenvalue weighted by molar-refractivity contribution is 6.35. The van der Waals surface area contributed by atoms with Gasteiger partial charge in [0.05, 0.1) is 13.0 Å². The van der Waals surface area contributed by atoms with Crippen molar-refractivity contribution in [1.29, 1.82) is 0 Å². The number of hydrogen-bond donors (Lipinski definition) is 0. The molecule has 2 rings (SSSR count). The van der Waals surface area contributed by atoms with E-state index in [1.54, 1.807) is 25.1 Å². The lowest BCUT2D eigenvalue weighted by molar-refractivity contribution is -0.147. The first-order chi connectivity index (χ1) is 11.5. The first-order valence-corrected chi connectivity index (χ1v) is 9.00. The predicted octanol–water partition coefficient (Wildman–Crippen LogP) is 5.20. The second-order valence-corrected chi connectivity index (χ2v) is 6.92. The molecule has 0 N–H and O–H groups in total. The summed E-state index contributed by atoms with van der Waals surface area (Å²) < 4.78 is 4.98. The second-order valence-electron chi connectivity index (χ2n) is 6.07. The normalized spacial score (nSPS) is 22.0. The van der Waals surface area contributed by atoms with Crippen molar-refractivity contribution >= 4 is 35.0 Å². The van der Waals surface area contributed by atoms with Gasteiger partial charge in [0.1, 0.15) is 5.78 Å². The van der Waals surface area contributed by atoms with Gasteiger partial charge in [-0.2, -0.15) is 0 Å². The molecule has 1 aliphatic rings.